The first-order valence-electron chi connectivity index (χ1n) is 4.13. The molecule has 0 N–H and O–H groups in total. The minimum Gasteiger partial charge on any atom is -0.215 e. The number of nitrogens with zero attached hydrogens (tertiary/aromatic N) is 3. The molecule has 15 heavy (non-hydrogen) atoms. The van der Waals surface area contributed by atoms with E-state index in [0.717, 1.165) is 15.0 Å². The van der Waals surface area contributed by atoms with Gasteiger partial charge >= 0.3 is 0 Å². The van der Waals surface area contributed by atoms with Gasteiger partial charge in [0.1, 0.15) is 0 Å². The molecule has 0 unspecified atom stereocenters. The van der Waals surface area contributed by atoms with Crippen LogP contribution in [-0.2, 0) is 5.33 Å². The molecule has 0 saturated heterocycles. The van der Waals surface area contributed by atoms with Crippen molar-refractivity contribution in [1.29, 1.82) is 0 Å². The number of aromatic nitrogens is 3. The zero-order chi connectivity index (χ0) is 10.8. The lowest BCUT2D eigenvalue weighted by atomic mass is 10.3. The monoisotopic (exact) mass is 397 g/mol. The van der Waals surface area contributed by atoms with Crippen molar-refractivity contribution in [2.24, 2.45) is 0 Å². The van der Waals surface area contributed by atoms with Crippen LogP contribution in [0.15, 0.2) is 24.4 Å². The van der Waals surface area contributed by atoms with Crippen LogP contribution in [0, 0.1) is 3.57 Å². The van der Waals surface area contributed by atoms with E-state index < -0.39 is 0 Å². The molecule has 0 fully saturated rings. The average Bonchev–Trinajstić information content (AvgIpc) is 2.65. The van der Waals surface area contributed by atoms with Gasteiger partial charge in [-0.15, -0.1) is 5.10 Å². The van der Waals surface area contributed by atoms with Gasteiger partial charge in [0.05, 0.1) is 22.6 Å². The Hall–Kier alpha value is -0.140. The van der Waals surface area contributed by atoms with E-state index in [1.807, 2.05) is 18.2 Å². The Kier molecular flexibility index (Phi) is 3.63. The lowest BCUT2D eigenvalue weighted by Crippen LogP contribution is -2.01. The molecule has 0 bridgehead atoms. The Morgan fingerprint density at radius 3 is 2.93 bits per heavy atom. The minimum atomic E-state index is 0.676. The van der Waals surface area contributed by atoms with Crippen molar-refractivity contribution in [1.82, 2.24) is 15.0 Å². The summed E-state index contributed by atoms with van der Waals surface area (Å²) in [6, 6.07) is 5.82. The summed E-state index contributed by atoms with van der Waals surface area (Å²) in [5.74, 6) is 0. The number of hydrogen-bond acceptors (Lipinski definition) is 2. The van der Waals surface area contributed by atoms with E-state index in [1.165, 1.54) is 0 Å². The van der Waals surface area contributed by atoms with Crippen LogP contribution >= 0.6 is 50.1 Å². The van der Waals surface area contributed by atoms with Crippen molar-refractivity contribution in [2.75, 3.05) is 0 Å². The number of alkyl halides is 1. The van der Waals surface area contributed by atoms with E-state index >= 15 is 0 Å². The molecule has 0 aliphatic rings. The first-order valence-corrected chi connectivity index (χ1v) is 6.71. The van der Waals surface area contributed by atoms with E-state index in [1.54, 1.807) is 10.9 Å². The van der Waals surface area contributed by atoms with Crippen LogP contribution in [0.4, 0.5) is 0 Å². The average molecular weight is 398 g/mol. The Bertz CT molecular complexity index is 486. The topological polar surface area (TPSA) is 30.7 Å². The highest BCUT2D eigenvalue weighted by Gasteiger charge is 2.08. The van der Waals surface area contributed by atoms with E-state index in [-0.39, 0.29) is 0 Å². The van der Waals surface area contributed by atoms with Crippen LogP contribution in [0.2, 0.25) is 5.02 Å². The minimum absolute atomic E-state index is 0.676. The molecule has 1 heterocycles. The lowest BCUT2D eigenvalue weighted by molar-refractivity contribution is 0.783. The highest BCUT2D eigenvalue weighted by Crippen LogP contribution is 2.23. The fourth-order valence-electron chi connectivity index (χ4n) is 1.20. The predicted molar refractivity (Wildman–Crippen MR) is 71.7 cm³/mol. The van der Waals surface area contributed by atoms with E-state index in [2.05, 4.69) is 48.8 Å². The quantitative estimate of drug-likeness (QED) is 0.573. The third kappa shape index (κ3) is 2.34. The largest absolute Gasteiger partial charge is 0.215 e. The van der Waals surface area contributed by atoms with Crippen molar-refractivity contribution >= 4 is 50.1 Å². The van der Waals surface area contributed by atoms with Crippen LogP contribution in [0.25, 0.3) is 5.69 Å². The second-order valence-corrected chi connectivity index (χ2v) is 5.08. The number of rotatable bonds is 2. The smallest absolute Gasteiger partial charge is 0.0854 e. The summed E-state index contributed by atoms with van der Waals surface area (Å²) >= 11 is 11.7. The maximum atomic E-state index is 6.14. The molecule has 0 radical (unpaired) electrons. The van der Waals surface area contributed by atoms with Gasteiger partial charge in [-0.25, -0.2) is 4.68 Å². The Morgan fingerprint density at radius 1 is 1.47 bits per heavy atom. The van der Waals surface area contributed by atoms with Crippen molar-refractivity contribution in [3.8, 4) is 5.69 Å². The molecule has 3 nitrogen and oxygen atoms in total. The van der Waals surface area contributed by atoms with Crippen molar-refractivity contribution in [3.63, 3.8) is 0 Å². The standard InChI is InChI=1S/C9H6BrClIN3/c10-4-7-5-13-14-15(7)9-2-1-6(12)3-8(9)11/h1-3,5H,4H2. The van der Waals surface area contributed by atoms with Crippen LogP contribution in [0.1, 0.15) is 5.69 Å². The third-order valence-electron chi connectivity index (χ3n) is 1.89. The molecule has 2 rings (SSSR count). The lowest BCUT2D eigenvalue weighted by Gasteiger charge is -2.06. The normalized spacial score (nSPS) is 10.6. The molecule has 1 aromatic heterocycles. The molecular weight excluding hydrogens is 392 g/mol. The molecule has 0 saturated carbocycles. The van der Waals surface area contributed by atoms with Crippen LogP contribution in [0.5, 0.6) is 0 Å². The molecule has 0 amide bonds. The summed E-state index contributed by atoms with van der Waals surface area (Å²) in [6.45, 7) is 0. The molecule has 0 atom stereocenters. The molecule has 78 valence electrons. The maximum Gasteiger partial charge on any atom is 0.0854 e. The van der Waals surface area contributed by atoms with Crippen molar-refractivity contribution < 1.29 is 0 Å². The molecule has 0 spiro atoms. The van der Waals surface area contributed by atoms with Crippen LogP contribution in [-0.4, -0.2) is 15.0 Å². The Labute approximate surface area is 114 Å². The number of hydrogen-bond donors (Lipinski definition) is 0. The fraction of sp³-hybridized carbons (Fsp3) is 0.111. The molecule has 0 aliphatic heterocycles. The Balaban J connectivity index is 2.54. The van der Waals surface area contributed by atoms with Crippen molar-refractivity contribution in [3.05, 3.63) is 38.7 Å². The maximum absolute atomic E-state index is 6.14. The summed E-state index contributed by atoms with van der Waals surface area (Å²) in [5, 5.41) is 9.23. The first kappa shape index (κ1) is 11.3. The molecule has 0 aliphatic carbocycles. The second-order valence-electron chi connectivity index (χ2n) is 2.87. The van der Waals surface area contributed by atoms with E-state index in [0.29, 0.717) is 10.4 Å². The van der Waals surface area contributed by atoms with Gasteiger partial charge in [0, 0.05) is 8.90 Å². The zero-order valence-electron chi connectivity index (χ0n) is 7.49. The molecule has 2 aromatic rings. The molecular formula is C9H6BrClIN3. The Morgan fingerprint density at radius 2 is 2.27 bits per heavy atom. The van der Waals surface area contributed by atoms with Gasteiger partial charge in [0.25, 0.3) is 0 Å². The number of benzene rings is 1. The van der Waals surface area contributed by atoms with E-state index in [9.17, 15) is 0 Å². The van der Waals surface area contributed by atoms with Gasteiger partial charge in [0.2, 0.25) is 0 Å². The predicted octanol–water partition coefficient (Wildman–Crippen LogP) is 3.42. The van der Waals surface area contributed by atoms with E-state index in [4.69, 9.17) is 11.6 Å². The zero-order valence-corrected chi connectivity index (χ0v) is 12.0. The second kappa shape index (κ2) is 4.80. The summed E-state index contributed by atoms with van der Waals surface area (Å²) < 4.78 is 2.83. The highest BCUT2D eigenvalue weighted by molar-refractivity contribution is 14.1. The number of halogens is 3. The summed E-state index contributed by atoms with van der Waals surface area (Å²) in [5.41, 5.74) is 1.82. The van der Waals surface area contributed by atoms with Crippen LogP contribution in [0.3, 0.4) is 0 Å². The van der Waals surface area contributed by atoms with Gasteiger partial charge in [-0.1, -0.05) is 32.7 Å². The third-order valence-corrected chi connectivity index (χ3v) is 3.44. The van der Waals surface area contributed by atoms with Crippen molar-refractivity contribution in [2.45, 2.75) is 5.33 Å². The van der Waals surface area contributed by atoms with Gasteiger partial charge in [-0.3, -0.25) is 0 Å². The summed E-state index contributed by atoms with van der Waals surface area (Å²) in [6.07, 6.45) is 1.71. The van der Waals surface area contributed by atoms with Crippen LogP contribution < -0.4 is 0 Å². The van der Waals surface area contributed by atoms with Gasteiger partial charge < -0.3 is 0 Å². The van der Waals surface area contributed by atoms with Gasteiger partial charge in [-0.05, 0) is 40.8 Å². The highest BCUT2D eigenvalue weighted by atomic mass is 127. The summed E-state index contributed by atoms with van der Waals surface area (Å²) in [7, 11) is 0. The van der Waals surface area contributed by atoms with Gasteiger partial charge in [0.15, 0.2) is 0 Å². The first-order chi connectivity index (χ1) is 7.22. The molecule has 1 aromatic carbocycles. The molecule has 6 heteroatoms. The summed E-state index contributed by atoms with van der Waals surface area (Å²) in [4.78, 5) is 0. The van der Waals surface area contributed by atoms with Gasteiger partial charge in [-0.2, -0.15) is 0 Å². The fourth-order valence-corrected chi connectivity index (χ4v) is 2.52. The SMILES string of the molecule is Clc1cc(I)ccc1-n1nncc1CBr.